The zero-order valence-electron chi connectivity index (χ0n) is 15.1. The summed E-state index contributed by atoms with van der Waals surface area (Å²) in [5.41, 5.74) is -0.0164. The predicted octanol–water partition coefficient (Wildman–Crippen LogP) is 3.00. The van der Waals surface area contributed by atoms with Crippen molar-refractivity contribution in [3.05, 3.63) is 41.6 Å². The Bertz CT molecular complexity index is 1170. The van der Waals surface area contributed by atoms with E-state index in [1.807, 2.05) is 0 Å². The first-order valence-electron chi connectivity index (χ1n) is 8.11. The molecule has 0 atom stereocenters. The Hall–Kier alpha value is -2.73. The molecule has 0 radical (unpaired) electrons. The van der Waals surface area contributed by atoms with E-state index in [1.165, 1.54) is 41.8 Å². The maximum absolute atomic E-state index is 12.7. The SMILES string of the molecule is CCS(=O)(=O)c1cn(-c2ncccn2)nc1-c1ncc(/C=C(\Cl)C(F)(F)F)n1C. The summed E-state index contributed by atoms with van der Waals surface area (Å²) >= 11 is 5.29. The molecular formula is C16H14ClF3N6O2S. The number of hydrogen-bond acceptors (Lipinski definition) is 6. The summed E-state index contributed by atoms with van der Waals surface area (Å²) in [7, 11) is -2.31. The first-order chi connectivity index (χ1) is 13.5. The van der Waals surface area contributed by atoms with Gasteiger partial charge in [0.2, 0.25) is 5.95 Å². The van der Waals surface area contributed by atoms with Crippen LogP contribution in [0.25, 0.3) is 23.5 Å². The van der Waals surface area contributed by atoms with E-state index in [0.29, 0.717) is 6.08 Å². The van der Waals surface area contributed by atoms with E-state index < -0.39 is 21.0 Å². The molecule has 154 valence electrons. The van der Waals surface area contributed by atoms with Crippen LogP contribution >= 0.6 is 11.6 Å². The van der Waals surface area contributed by atoms with Gasteiger partial charge in [-0.3, -0.25) is 0 Å². The second kappa shape index (κ2) is 7.59. The minimum atomic E-state index is -4.71. The minimum absolute atomic E-state index is 0.0210. The average molecular weight is 447 g/mol. The molecule has 0 spiro atoms. The van der Waals surface area contributed by atoms with Crippen LogP contribution in [-0.2, 0) is 16.9 Å². The molecule has 0 unspecified atom stereocenters. The molecule has 3 aromatic heterocycles. The number of imidazole rings is 1. The number of alkyl halides is 3. The van der Waals surface area contributed by atoms with E-state index in [2.05, 4.69) is 20.1 Å². The highest BCUT2D eigenvalue weighted by molar-refractivity contribution is 7.91. The highest BCUT2D eigenvalue weighted by Gasteiger charge is 2.33. The van der Waals surface area contributed by atoms with Crippen LogP contribution in [0.3, 0.4) is 0 Å². The van der Waals surface area contributed by atoms with Crippen LogP contribution in [0.5, 0.6) is 0 Å². The molecule has 29 heavy (non-hydrogen) atoms. The third kappa shape index (κ3) is 4.17. The highest BCUT2D eigenvalue weighted by Crippen LogP contribution is 2.32. The van der Waals surface area contributed by atoms with E-state index in [9.17, 15) is 21.6 Å². The van der Waals surface area contributed by atoms with Gasteiger partial charge in [0, 0.05) is 19.4 Å². The molecule has 0 amide bonds. The van der Waals surface area contributed by atoms with Crippen molar-refractivity contribution >= 4 is 27.5 Å². The Morgan fingerprint density at radius 2 is 1.90 bits per heavy atom. The number of allylic oxidation sites excluding steroid dienone is 1. The molecule has 3 aromatic rings. The Morgan fingerprint density at radius 3 is 2.48 bits per heavy atom. The van der Waals surface area contributed by atoms with E-state index in [4.69, 9.17) is 11.6 Å². The maximum atomic E-state index is 12.7. The predicted molar refractivity (Wildman–Crippen MR) is 99.0 cm³/mol. The zero-order chi connectivity index (χ0) is 21.4. The number of rotatable bonds is 5. The lowest BCUT2D eigenvalue weighted by Gasteiger charge is -2.06. The highest BCUT2D eigenvalue weighted by atomic mass is 35.5. The van der Waals surface area contributed by atoms with Crippen molar-refractivity contribution in [2.75, 3.05) is 5.75 Å². The standard InChI is InChI=1S/C16H14ClF3N6O2S/c1-3-29(27,28)11-9-26(15-21-5-4-6-22-15)24-13(11)14-23-8-10(25(14)2)7-12(17)16(18,19)20/h4-9H,3H2,1-2H3/b12-7-. The normalized spacial score (nSPS) is 13.1. The summed E-state index contributed by atoms with van der Waals surface area (Å²) in [6.45, 7) is 1.46. The molecule has 0 saturated carbocycles. The molecule has 3 rings (SSSR count). The fourth-order valence-corrected chi connectivity index (χ4v) is 3.51. The zero-order valence-corrected chi connectivity index (χ0v) is 16.7. The van der Waals surface area contributed by atoms with Gasteiger partial charge in [-0.25, -0.2) is 28.1 Å². The monoisotopic (exact) mass is 446 g/mol. The molecule has 0 aliphatic rings. The lowest BCUT2D eigenvalue weighted by atomic mass is 10.3. The molecule has 0 fully saturated rings. The number of hydrogen-bond donors (Lipinski definition) is 0. The van der Waals surface area contributed by atoms with Crippen LogP contribution in [0.15, 0.2) is 40.8 Å². The van der Waals surface area contributed by atoms with Crippen molar-refractivity contribution in [2.24, 2.45) is 7.05 Å². The molecule has 3 heterocycles. The molecule has 0 aliphatic carbocycles. The van der Waals surface area contributed by atoms with Crippen molar-refractivity contribution in [2.45, 2.75) is 18.0 Å². The lowest BCUT2D eigenvalue weighted by Crippen LogP contribution is -2.08. The lowest BCUT2D eigenvalue weighted by molar-refractivity contribution is -0.0837. The van der Waals surface area contributed by atoms with Gasteiger partial charge in [-0.05, 0) is 12.1 Å². The molecule has 0 aromatic carbocycles. The number of sulfone groups is 1. The van der Waals surface area contributed by atoms with Gasteiger partial charge in [-0.15, -0.1) is 0 Å². The number of nitrogens with zero attached hydrogens (tertiary/aromatic N) is 6. The van der Waals surface area contributed by atoms with Gasteiger partial charge in [0.25, 0.3) is 0 Å². The van der Waals surface area contributed by atoms with E-state index in [-0.39, 0.29) is 33.8 Å². The third-order valence-electron chi connectivity index (χ3n) is 3.93. The van der Waals surface area contributed by atoms with Crippen molar-refractivity contribution in [1.82, 2.24) is 29.3 Å². The van der Waals surface area contributed by atoms with Gasteiger partial charge in [0.1, 0.15) is 15.6 Å². The molecule has 0 bridgehead atoms. The van der Waals surface area contributed by atoms with Crippen LogP contribution in [0.4, 0.5) is 13.2 Å². The Labute approximate surface area is 168 Å². The van der Waals surface area contributed by atoms with Crippen LogP contribution < -0.4 is 0 Å². The van der Waals surface area contributed by atoms with Crippen LogP contribution in [-0.4, -0.2) is 49.6 Å². The average Bonchev–Trinajstić information content (AvgIpc) is 3.26. The molecule has 0 saturated heterocycles. The van der Waals surface area contributed by atoms with Gasteiger partial charge < -0.3 is 4.57 Å². The van der Waals surface area contributed by atoms with Crippen molar-refractivity contribution in [3.8, 4) is 17.5 Å². The van der Waals surface area contributed by atoms with Gasteiger partial charge in [0.05, 0.1) is 23.8 Å². The summed E-state index contributed by atoms with van der Waals surface area (Å²) < 4.78 is 65.7. The van der Waals surface area contributed by atoms with Crippen molar-refractivity contribution in [1.29, 1.82) is 0 Å². The van der Waals surface area contributed by atoms with Gasteiger partial charge in [-0.2, -0.15) is 18.3 Å². The fraction of sp³-hybridized carbons (Fsp3) is 0.250. The Morgan fingerprint density at radius 1 is 1.24 bits per heavy atom. The first-order valence-corrected chi connectivity index (χ1v) is 10.1. The van der Waals surface area contributed by atoms with Gasteiger partial charge in [-0.1, -0.05) is 18.5 Å². The van der Waals surface area contributed by atoms with Gasteiger partial charge >= 0.3 is 6.18 Å². The van der Waals surface area contributed by atoms with Crippen LogP contribution in [0, 0.1) is 0 Å². The molecular weight excluding hydrogens is 433 g/mol. The second-order valence-electron chi connectivity index (χ2n) is 5.79. The van der Waals surface area contributed by atoms with Crippen LogP contribution in [0.1, 0.15) is 12.6 Å². The summed E-state index contributed by atoms with van der Waals surface area (Å²) in [5.74, 6) is -0.0383. The van der Waals surface area contributed by atoms with Crippen molar-refractivity contribution in [3.63, 3.8) is 0 Å². The smallest absolute Gasteiger partial charge is 0.326 e. The minimum Gasteiger partial charge on any atom is -0.326 e. The number of halogens is 4. The summed E-state index contributed by atoms with van der Waals surface area (Å²) in [4.78, 5) is 11.9. The first kappa shape index (κ1) is 21.0. The second-order valence-corrected chi connectivity index (χ2v) is 8.45. The largest absolute Gasteiger partial charge is 0.427 e. The molecule has 8 nitrogen and oxygen atoms in total. The van der Waals surface area contributed by atoms with E-state index in [1.54, 1.807) is 6.07 Å². The summed E-state index contributed by atoms with van der Waals surface area (Å²) in [6.07, 6.45) is 1.29. The Balaban J connectivity index is 2.18. The van der Waals surface area contributed by atoms with Crippen LogP contribution in [0.2, 0.25) is 0 Å². The van der Waals surface area contributed by atoms with E-state index >= 15 is 0 Å². The summed E-state index contributed by atoms with van der Waals surface area (Å²) in [5, 5.41) is 2.88. The fourth-order valence-electron chi connectivity index (χ4n) is 2.40. The maximum Gasteiger partial charge on any atom is 0.427 e. The van der Waals surface area contributed by atoms with E-state index in [0.717, 1.165) is 6.20 Å². The molecule has 0 N–H and O–H groups in total. The topological polar surface area (TPSA) is 95.6 Å². The third-order valence-corrected chi connectivity index (χ3v) is 5.99. The summed E-state index contributed by atoms with van der Waals surface area (Å²) in [6, 6.07) is 1.58. The van der Waals surface area contributed by atoms with Gasteiger partial charge in [0.15, 0.2) is 15.7 Å². The molecule has 13 heteroatoms. The number of aromatic nitrogens is 6. The van der Waals surface area contributed by atoms with Crippen molar-refractivity contribution < 1.29 is 21.6 Å². The Kier molecular flexibility index (Phi) is 5.50. The molecule has 0 aliphatic heterocycles. The quantitative estimate of drug-likeness (QED) is 0.598.